The van der Waals surface area contributed by atoms with Gasteiger partial charge in [-0.15, -0.1) is 0 Å². The molecule has 1 aromatic carbocycles. The third kappa shape index (κ3) is 6.79. The maximum atomic E-state index is 12.3. The summed E-state index contributed by atoms with van der Waals surface area (Å²) in [5, 5.41) is 20.7. The summed E-state index contributed by atoms with van der Waals surface area (Å²) in [5.41, 5.74) is 3.10. The highest BCUT2D eigenvalue weighted by Gasteiger charge is 2.25. The lowest BCUT2D eigenvalue weighted by atomic mass is 10.1. The topological polar surface area (TPSA) is 124 Å². The number of hydrogen-bond acceptors (Lipinski definition) is 7. The Bertz CT molecular complexity index is 1090. The van der Waals surface area contributed by atoms with Crippen LogP contribution in [0.3, 0.4) is 0 Å². The van der Waals surface area contributed by atoms with E-state index in [0.29, 0.717) is 18.8 Å². The standard InChI is InChI=1S/C24H24N4O5/c1-17(29)22(24(31)27-32)26-23(30)20-9-6-18(7-10-20)4-2-3-5-19-8-11-21(25-16-19)28-12-14-33-15-13-28/h6-11,16-17,22,29,32H,12-15H2,1H3,(H,26,30)(H,27,31)/t17-,22+/m1/s1. The summed E-state index contributed by atoms with van der Waals surface area (Å²) in [6.45, 7) is 4.38. The third-order valence-corrected chi connectivity index (χ3v) is 4.87. The Morgan fingerprint density at radius 2 is 1.70 bits per heavy atom. The van der Waals surface area contributed by atoms with Crippen molar-refractivity contribution in [3.63, 3.8) is 0 Å². The van der Waals surface area contributed by atoms with Crippen LogP contribution in [0.25, 0.3) is 0 Å². The summed E-state index contributed by atoms with van der Waals surface area (Å²) in [6.07, 6.45) is 0.528. The minimum absolute atomic E-state index is 0.273. The number of aliphatic hydroxyl groups excluding tert-OH is 1. The number of aliphatic hydroxyl groups is 1. The van der Waals surface area contributed by atoms with Gasteiger partial charge >= 0.3 is 0 Å². The van der Waals surface area contributed by atoms with Crippen LogP contribution in [0.5, 0.6) is 0 Å². The number of carbonyl (C=O) groups is 2. The van der Waals surface area contributed by atoms with E-state index in [2.05, 4.69) is 38.9 Å². The van der Waals surface area contributed by atoms with Gasteiger partial charge in [-0.2, -0.15) is 0 Å². The highest BCUT2D eigenvalue weighted by atomic mass is 16.5. The second-order valence-corrected chi connectivity index (χ2v) is 7.25. The van der Waals surface area contributed by atoms with Gasteiger partial charge in [0.15, 0.2) is 0 Å². The zero-order valence-electron chi connectivity index (χ0n) is 18.0. The normalized spacial score (nSPS) is 14.6. The number of aromatic nitrogens is 1. The van der Waals surface area contributed by atoms with Gasteiger partial charge in [0.25, 0.3) is 11.8 Å². The number of hydrogen-bond donors (Lipinski definition) is 4. The average Bonchev–Trinajstić information content (AvgIpc) is 2.85. The highest BCUT2D eigenvalue weighted by molar-refractivity contribution is 5.97. The van der Waals surface area contributed by atoms with Crippen LogP contribution in [-0.2, 0) is 9.53 Å². The van der Waals surface area contributed by atoms with Crippen molar-refractivity contribution in [2.24, 2.45) is 0 Å². The van der Waals surface area contributed by atoms with Crippen molar-refractivity contribution in [2.75, 3.05) is 31.2 Å². The first-order valence-corrected chi connectivity index (χ1v) is 10.3. The molecule has 2 aromatic rings. The van der Waals surface area contributed by atoms with Crippen LogP contribution in [0.2, 0.25) is 0 Å². The smallest absolute Gasteiger partial charge is 0.268 e. The average molecular weight is 448 g/mol. The number of hydroxylamine groups is 1. The van der Waals surface area contributed by atoms with E-state index in [9.17, 15) is 14.7 Å². The molecule has 0 aliphatic carbocycles. The van der Waals surface area contributed by atoms with Gasteiger partial charge in [-0.1, -0.05) is 11.8 Å². The van der Waals surface area contributed by atoms with Crippen LogP contribution >= 0.6 is 0 Å². The lowest BCUT2D eigenvalue weighted by Gasteiger charge is -2.27. The van der Waals surface area contributed by atoms with Crippen LogP contribution in [0.4, 0.5) is 5.82 Å². The molecule has 9 nitrogen and oxygen atoms in total. The largest absolute Gasteiger partial charge is 0.391 e. The van der Waals surface area contributed by atoms with Gasteiger partial charge in [-0.05, 0) is 55.2 Å². The summed E-state index contributed by atoms with van der Waals surface area (Å²) in [6, 6.07) is 8.91. The number of benzene rings is 1. The van der Waals surface area contributed by atoms with Crippen LogP contribution in [0.15, 0.2) is 42.6 Å². The van der Waals surface area contributed by atoms with Crippen LogP contribution in [0, 0.1) is 23.7 Å². The quantitative estimate of drug-likeness (QED) is 0.295. The van der Waals surface area contributed by atoms with E-state index in [0.717, 1.165) is 24.5 Å². The lowest BCUT2D eigenvalue weighted by Crippen LogP contribution is -2.51. The molecule has 2 heterocycles. The lowest BCUT2D eigenvalue weighted by molar-refractivity contribution is -0.133. The molecule has 0 spiro atoms. The molecule has 1 fully saturated rings. The van der Waals surface area contributed by atoms with Crippen molar-refractivity contribution in [1.29, 1.82) is 0 Å². The summed E-state index contributed by atoms with van der Waals surface area (Å²) < 4.78 is 5.34. The highest BCUT2D eigenvalue weighted by Crippen LogP contribution is 2.12. The molecule has 4 N–H and O–H groups in total. The zero-order valence-corrected chi connectivity index (χ0v) is 18.0. The first-order valence-electron chi connectivity index (χ1n) is 10.3. The fraction of sp³-hybridized carbons (Fsp3) is 0.292. The Labute approximate surface area is 191 Å². The molecular weight excluding hydrogens is 424 g/mol. The number of carbonyl (C=O) groups excluding carboxylic acids is 2. The van der Waals surface area contributed by atoms with Crippen LogP contribution in [0.1, 0.15) is 28.4 Å². The Morgan fingerprint density at radius 3 is 2.27 bits per heavy atom. The molecule has 0 bridgehead atoms. The molecule has 1 aliphatic rings. The maximum Gasteiger partial charge on any atom is 0.268 e. The molecule has 33 heavy (non-hydrogen) atoms. The molecule has 170 valence electrons. The van der Waals surface area contributed by atoms with E-state index in [4.69, 9.17) is 9.94 Å². The van der Waals surface area contributed by atoms with Crippen molar-refractivity contribution in [2.45, 2.75) is 19.1 Å². The molecule has 1 aromatic heterocycles. The Morgan fingerprint density at radius 1 is 1.06 bits per heavy atom. The second-order valence-electron chi connectivity index (χ2n) is 7.25. The summed E-state index contributed by atoms with van der Waals surface area (Å²) in [5.74, 6) is 10.8. The predicted octanol–water partition coefficient (Wildman–Crippen LogP) is 0.306. The van der Waals surface area contributed by atoms with Gasteiger partial charge < -0.3 is 20.1 Å². The van der Waals surface area contributed by atoms with Gasteiger partial charge in [0.05, 0.1) is 19.3 Å². The number of morpholine rings is 1. The fourth-order valence-corrected chi connectivity index (χ4v) is 3.05. The number of anilines is 1. The van der Waals surface area contributed by atoms with Gasteiger partial charge in [-0.3, -0.25) is 14.8 Å². The molecule has 0 unspecified atom stereocenters. The molecule has 2 atom stereocenters. The number of nitrogens with zero attached hydrogens (tertiary/aromatic N) is 2. The van der Waals surface area contributed by atoms with Crippen molar-refractivity contribution >= 4 is 17.6 Å². The molecule has 0 saturated carbocycles. The maximum absolute atomic E-state index is 12.3. The van der Waals surface area contributed by atoms with Crippen molar-refractivity contribution in [3.8, 4) is 23.7 Å². The monoisotopic (exact) mass is 448 g/mol. The molecule has 3 rings (SSSR count). The number of ether oxygens (including phenoxy) is 1. The number of nitrogens with one attached hydrogen (secondary N) is 2. The van der Waals surface area contributed by atoms with E-state index >= 15 is 0 Å². The number of amides is 2. The summed E-state index contributed by atoms with van der Waals surface area (Å²) in [4.78, 5) is 30.4. The van der Waals surface area contributed by atoms with Crippen molar-refractivity contribution in [3.05, 3.63) is 59.3 Å². The van der Waals surface area contributed by atoms with Gasteiger partial charge in [0, 0.05) is 36.0 Å². The predicted molar refractivity (Wildman–Crippen MR) is 120 cm³/mol. The molecule has 2 amide bonds. The SMILES string of the molecule is C[C@@H](O)[C@H](NC(=O)c1ccc(C#CC#Cc2ccc(N3CCOCC3)nc2)cc1)C(=O)NO. The van der Waals surface area contributed by atoms with Crippen molar-refractivity contribution in [1.82, 2.24) is 15.8 Å². The third-order valence-electron chi connectivity index (χ3n) is 4.87. The van der Waals surface area contributed by atoms with E-state index in [1.807, 2.05) is 12.1 Å². The molecule has 1 aliphatic heterocycles. The number of rotatable bonds is 5. The van der Waals surface area contributed by atoms with Crippen LogP contribution in [-0.4, -0.2) is 65.6 Å². The van der Waals surface area contributed by atoms with E-state index in [1.54, 1.807) is 18.3 Å². The molecule has 9 heteroatoms. The Hall–Kier alpha value is -3.89. The van der Waals surface area contributed by atoms with Crippen molar-refractivity contribution < 1.29 is 24.6 Å². The Balaban J connectivity index is 1.58. The number of pyridine rings is 1. The van der Waals surface area contributed by atoms with Gasteiger partial charge in [-0.25, -0.2) is 10.5 Å². The van der Waals surface area contributed by atoms with Gasteiger partial charge in [0.2, 0.25) is 0 Å². The van der Waals surface area contributed by atoms with Gasteiger partial charge in [0.1, 0.15) is 11.9 Å². The first kappa shape index (κ1) is 23.8. The minimum Gasteiger partial charge on any atom is -0.391 e. The van der Waals surface area contributed by atoms with E-state index in [1.165, 1.54) is 24.5 Å². The fourth-order valence-electron chi connectivity index (χ4n) is 3.05. The minimum atomic E-state index is -1.28. The van der Waals surface area contributed by atoms with Crippen LogP contribution < -0.4 is 15.7 Å². The molecular formula is C24H24N4O5. The first-order chi connectivity index (χ1) is 16.0. The second kappa shape index (κ2) is 11.7. The molecule has 1 saturated heterocycles. The molecule has 0 radical (unpaired) electrons. The summed E-state index contributed by atoms with van der Waals surface area (Å²) >= 11 is 0. The Kier molecular flexibility index (Phi) is 8.39. The zero-order chi connectivity index (χ0) is 23.6. The summed E-state index contributed by atoms with van der Waals surface area (Å²) in [7, 11) is 0. The van der Waals surface area contributed by atoms with E-state index in [-0.39, 0.29) is 5.56 Å². The van der Waals surface area contributed by atoms with E-state index < -0.39 is 24.0 Å².